The summed E-state index contributed by atoms with van der Waals surface area (Å²) in [5.41, 5.74) is 1.65. The van der Waals surface area contributed by atoms with Crippen LogP contribution in [-0.4, -0.2) is 18.5 Å². The summed E-state index contributed by atoms with van der Waals surface area (Å²) in [5, 5.41) is 3.41. The average molecular weight is 281 g/mol. The summed E-state index contributed by atoms with van der Waals surface area (Å²) in [5.74, 6) is 0.155. The van der Waals surface area contributed by atoms with Crippen LogP contribution in [0.5, 0.6) is 0 Å². The van der Waals surface area contributed by atoms with Gasteiger partial charge >= 0.3 is 5.97 Å². The smallest absolute Gasteiger partial charge is 0.341 e. The van der Waals surface area contributed by atoms with Crippen molar-refractivity contribution in [2.75, 3.05) is 11.9 Å². The van der Waals surface area contributed by atoms with Crippen molar-refractivity contribution in [3.8, 4) is 0 Å². The van der Waals surface area contributed by atoms with Gasteiger partial charge in [0, 0.05) is 11.8 Å². The van der Waals surface area contributed by atoms with Gasteiger partial charge in [-0.2, -0.15) is 0 Å². The Kier molecular flexibility index (Phi) is 4.24. The number of amides is 1. The summed E-state index contributed by atoms with van der Waals surface area (Å²) >= 11 is 1.52. The van der Waals surface area contributed by atoms with Gasteiger partial charge in [-0.1, -0.05) is 6.92 Å². The number of carbonyl (C=O) groups excluding carboxylic acids is 2. The van der Waals surface area contributed by atoms with Gasteiger partial charge in [-0.25, -0.2) is 4.79 Å². The standard InChI is InChI=1S/C14H19NO3S/c1-4-18-14(17)12-10-6-5-8(2)7-11(10)19-13(12)15-9(3)16/h8H,4-7H2,1-3H3,(H,15,16)/t8-/m0/s1. The van der Waals surface area contributed by atoms with Gasteiger partial charge in [0.15, 0.2) is 0 Å². The average Bonchev–Trinajstić information content (AvgIpc) is 2.65. The molecule has 4 nitrogen and oxygen atoms in total. The van der Waals surface area contributed by atoms with Gasteiger partial charge in [0.25, 0.3) is 0 Å². The van der Waals surface area contributed by atoms with Crippen molar-refractivity contribution in [1.29, 1.82) is 0 Å². The van der Waals surface area contributed by atoms with E-state index in [1.165, 1.54) is 23.1 Å². The van der Waals surface area contributed by atoms with Crippen molar-refractivity contribution in [2.24, 2.45) is 5.92 Å². The van der Waals surface area contributed by atoms with Crippen LogP contribution >= 0.6 is 11.3 Å². The second-order valence-corrected chi connectivity index (χ2v) is 6.06. The van der Waals surface area contributed by atoms with E-state index >= 15 is 0 Å². The van der Waals surface area contributed by atoms with Gasteiger partial charge in [0.1, 0.15) is 5.00 Å². The number of anilines is 1. The van der Waals surface area contributed by atoms with E-state index in [1.807, 2.05) is 0 Å². The lowest BCUT2D eigenvalue weighted by Gasteiger charge is -2.18. The van der Waals surface area contributed by atoms with Gasteiger partial charge in [-0.3, -0.25) is 4.79 Å². The third-order valence-corrected chi connectivity index (χ3v) is 4.45. The molecule has 1 heterocycles. The lowest BCUT2D eigenvalue weighted by molar-refractivity contribution is -0.114. The first-order chi connectivity index (χ1) is 9.02. The van der Waals surface area contributed by atoms with Crippen LogP contribution < -0.4 is 5.32 Å². The van der Waals surface area contributed by atoms with Crippen molar-refractivity contribution in [2.45, 2.75) is 40.0 Å². The Morgan fingerprint density at radius 3 is 2.84 bits per heavy atom. The lowest BCUT2D eigenvalue weighted by Crippen LogP contribution is -2.15. The molecule has 0 spiro atoms. The first-order valence-electron chi connectivity index (χ1n) is 6.62. The SMILES string of the molecule is CCOC(=O)c1c(NC(C)=O)sc2c1CC[C@H](C)C2. The molecule has 104 valence electrons. The van der Waals surface area contributed by atoms with Crippen LogP contribution in [0.25, 0.3) is 0 Å². The number of esters is 1. The Balaban J connectivity index is 2.41. The summed E-state index contributed by atoms with van der Waals surface area (Å²) in [6.45, 7) is 5.80. The molecule has 5 heteroatoms. The number of fused-ring (bicyclic) bond motifs is 1. The molecule has 2 rings (SSSR count). The number of hydrogen-bond acceptors (Lipinski definition) is 4. The fourth-order valence-electron chi connectivity index (χ4n) is 2.42. The van der Waals surface area contributed by atoms with Gasteiger partial charge in [0.2, 0.25) is 5.91 Å². The fourth-order valence-corrected chi connectivity index (χ4v) is 3.86. The number of rotatable bonds is 3. The fraction of sp³-hybridized carbons (Fsp3) is 0.571. The van der Waals surface area contributed by atoms with Crippen molar-refractivity contribution in [1.82, 2.24) is 0 Å². The van der Waals surface area contributed by atoms with Crippen LogP contribution in [-0.2, 0) is 22.4 Å². The predicted molar refractivity (Wildman–Crippen MR) is 75.8 cm³/mol. The molecule has 0 saturated heterocycles. The van der Waals surface area contributed by atoms with Crippen molar-refractivity contribution in [3.63, 3.8) is 0 Å². The second-order valence-electron chi connectivity index (χ2n) is 4.96. The third kappa shape index (κ3) is 2.97. The Morgan fingerprint density at radius 2 is 2.21 bits per heavy atom. The molecule has 0 aliphatic heterocycles. The van der Waals surface area contributed by atoms with Gasteiger partial charge in [0.05, 0.1) is 12.2 Å². The van der Waals surface area contributed by atoms with E-state index in [2.05, 4.69) is 12.2 Å². The van der Waals surface area contributed by atoms with Crippen molar-refractivity contribution in [3.05, 3.63) is 16.0 Å². The monoisotopic (exact) mass is 281 g/mol. The minimum atomic E-state index is -0.321. The van der Waals surface area contributed by atoms with Crippen molar-refractivity contribution >= 4 is 28.2 Å². The van der Waals surface area contributed by atoms with E-state index in [1.54, 1.807) is 6.92 Å². The summed E-state index contributed by atoms with van der Waals surface area (Å²) in [6.07, 6.45) is 2.95. The van der Waals surface area contributed by atoms with E-state index in [9.17, 15) is 9.59 Å². The van der Waals surface area contributed by atoms with Crippen LogP contribution in [0.3, 0.4) is 0 Å². The highest BCUT2D eigenvalue weighted by Gasteiger charge is 2.28. The molecule has 0 unspecified atom stereocenters. The number of ether oxygens (including phenoxy) is 1. The molecule has 1 atom stereocenters. The normalized spacial score (nSPS) is 17.7. The number of thiophene rings is 1. The van der Waals surface area contributed by atoms with Crippen molar-refractivity contribution < 1.29 is 14.3 Å². The quantitative estimate of drug-likeness (QED) is 0.866. The van der Waals surface area contributed by atoms with E-state index < -0.39 is 0 Å². The van der Waals surface area contributed by atoms with E-state index in [4.69, 9.17) is 4.74 Å². The summed E-state index contributed by atoms with van der Waals surface area (Å²) < 4.78 is 5.12. The van der Waals surface area contributed by atoms with Crippen LogP contribution in [0.1, 0.15) is 48.0 Å². The molecule has 0 saturated carbocycles. The molecular formula is C14H19NO3S. The minimum absolute atomic E-state index is 0.155. The first-order valence-corrected chi connectivity index (χ1v) is 7.43. The molecular weight excluding hydrogens is 262 g/mol. The predicted octanol–water partition coefficient (Wildman–Crippen LogP) is 3.01. The molecule has 0 aromatic carbocycles. The second kappa shape index (κ2) is 5.74. The maximum absolute atomic E-state index is 12.1. The lowest BCUT2D eigenvalue weighted by atomic mass is 9.88. The van der Waals surface area contributed by atoms with E-state index in [-0.39, 0.29) is 11.9 Å². The first kappa shape index (κ1) is 14.1. The van der Waals surface area contributed by atoms with Crippen LogP contribution in [0.15, 0.2) is 0 Å². The largest absolute Gasteiger partial charge is 0.462 e. The zero-order chi connectivity index (χ0) is 14.0. The highest BCUT2D eigenvalue weighted by atomic mass is 32.1. The maximum atomic E-state index is 12.1. The number of carbonyl (C=O) groups is 2. The van der Waals surface area contributed by atoms with E-state index in [0.717, 1.165) is 24.8 Å². The highest BCUT2D eigenvalue weighted by Crippen LogP contribution is 2.39. The zero-order valence-corrected chi connectivity index (χ0v) is 12.4. The summed E-state index contributed by atoms with van der Waals surface area (Å²) in [4.78, 5) is 24.6. The Labute approximate surface area is 117 Å². The van der Waals surface area contributed by atoms with Crippen LogP contribution in [0, 0.1) is 5.92 Å². The molecule has 1 N–H and O–H groups in total. The van der Waals surface area contributed by atoms with Gasteiger partial charge in [-0.05, 0) is 37.7 Å². The third-order valence-electron chi connectivity index (χ3n) is 3.28. The Morgan fingerprint density at radius 1 is 1.47 bits per heavy atom. The highest BCUT2D eigenvalue weighted by molar-refractivity contribution is 7.17. The Bertz CT molecular complexity index is 507. The molecule has 19 heavy (non-hydrogen) atoms. The maximum Gasteiger partial charge on any atom is 0.341 e. The van der Waals surface area contributed by atoms with E-state index in [0.29, 0.717) is 23.1 Å². The van der Waals surface area contributed by atoms with Gasteiger partial charge in [-0.15, -0.1) is 11.3 Å². The summed E-state index contributed by atoms with van der Waals surface area (Å²) in [6, 6.07) is 0. The molecule has 0 fully saturated rings. The number of nitrogens with one attached hydrogen (secondary N) is 1. The Hall–Kier alpha value is -1.36. The van der Waals surface area contributed by atoms with Crippen LogP contribution in [0.2, 0.25) is 0 Å². The zero-order valence-electron chi connectivity index (χ0n) is 11.5. The molecule has 0 radical (unpaired) electrons. The summed E-state index contributed by atoms with van der Waals surface area (Å²) in [7, 11) is 0. The van der Waals surface area contributed by atoms with Gasteiger partial charge < -0.3 is 10.1 Å². The minimum Gasteiger partial charge on any atom is -0.462 e. The molecule has 1 aliphatic rings. The van der Waals surface area contributed by atoms with Crippen LogP contribution in [0.4, 0.5) is 5.00 Å². The molecule has 1 amide bonds. The molecule has 1 aliphatic carbocycles. The topological polar surface area (TPSA) is 55.4 Å². The number of hydrogen-bond donors (Lipinski definition) is 1. The molecule has 1 aromatic rings. The molecule has 0 bridgehead atoms. The molecule has 1 aromatic heterocycles.